The van der Waals surface area contributed by atoms with Crippen LogP contribution < -0.4 is 0 Å². The average Bonchev–Trinajstić information content (AvgIpc) is 2.48. The molecule has 0 heterocycles. The van der Waals surface area contributed by atoms with Gasteiger partial charge >= 0.3 is 7.82 Å². The van der Waals surface area contributed by atoms with Gasteiger partial charge in [-0.25, -0.2) is 4.57 Å². The third-order valence-corrected chi connectivity index (χ3v) is 5.78. The molecule has 0 spiro atoms. The summed E-state index contributed by atoms with van der Waals surface area (Å²) in [6, 6.07) is 0. The summed E-state index contributed by atoms with van der Waals surface area (Å²) in [4.78, 5) is 12.4. The summed E-state index contributed by atoms with van der Waals surface area (Å²) in [5.74, 6) is 0.206. The third-order valence-electron chi connectivity index (χ3n) is 4.74. The number of nitrogens with zero attached hydrogens (tertiary/aromatic N) is 1. The minimum absolute atomic E-state index is 0.152. The highest BCUT2D eigenvalue weighted by Gasteiger charge is 2.33. The molecule has 1 fully saturated rings. The maximum atomic E-state index is 12.2. The first-order chi connectivity index (χ1) is 11.2. The van der Waals surface area contributed by atoms with Gasteiger partial charge in [-0.3, -0.25) is 9.05 Å². The number of hydrogen-bond acceptors (Lipinski definition) is 4. The zero-order chi connectivity index (χ0) is 18.2. The second kappa shape index (κ2) is 10.3. The average molecular weight is 363 g/mol. The predicted octanol–water partition coefficient (Wildman–Crippen LogP) is 4.85. The SMILES string of the molecule is CCCN(CCC)CC(C)COP(=O)(O)OC1CCC(C)(C)CC1. The van der Waals surface area contributed by atoms with Gasteiger partial charge in [0.05, 0.1) is 12.7 Å². The zero-order valence-electron chi connectivity index (χ0n) is 16.3. The Morgan fingerprint density at radius 1 is 1.21 bits per heavy atom. The molecule has 0 amide bonds. The van der Waals surface area contributed by atoms with Crippen molar-refractivity contribution in [1.29, 1.82) is 0 Å². The van der Waals surface area contributed by atoms with Crippen LogP contribution in [-0.2, 0) is 13.6 Å². The van der Waals surface area contributed by atoms with Gasteiger partial charge in [-0.1, -0.05) is 34.6 Å². The van der Waals surface area contributed by atoms with E-state index < -0.39 is 7.82 Å². The number of hydrogen-bond donors (Lipinski definition) is 1. The molecule has 0 saturated heterocycles. The Morgan fingerprint density at radius 3 is 2.25 bits per heavy atom. The minimum atomic E-state index is -3.95. The number of rotatable bonds is 11. The Labute approximate surface area is 148 Å². The molecule has 24 heavy (non-hydrogen) atoms. The molecule has 0 aromatic heterocycles. The van der Waals surface area contributed by atoms with Crippen LogP contribution in [0.4, 0.5) is 0 Å². The van der Waals surface area contributed by atoms with Crippen molar-refractivity contribution in [3.63, 3.8) is 0 Å². The van der Waals surface area contributed by atoms with Crippen LogP contribution in [0.2, 0.25) is 0 Å². The van der Waals surface area contributed by atoms with E-state index in [-0.39, 0.29) is 18.6 Å². The lowest BCUT2D eigenvalue weighted by atomic mass is 9.76. The molecule has 1 aliphatic carbocycles. The fraction of sp³-hybridized carbons (Fsp3) is 1.00. The molecule has 1 rings (SSSR count). The van der Waals surface area contributed by atoms with Crippen molar-refractivity contribution >= 4 is 7.82 Å². The molecule has 0 radical (unpaired) electrons. The van der Waals surface area contributed by atoms with Crippen LogP contribution in [0, 0.1) is 11.3 Å². The van der Waals surface area contributed by atoms with Gasteiger partial charge in [0, 0.05) is 6.54 Å². The van der Waals surface area contributed by atoms with Gasteiger partial charge in [0.2, 0.25) is 0 Å². The first-order valence-electron chi connectivity index (χ1n) is 9.55. The van der Waals surface area contributed by atoms with Crippen LogP contribution in [0.15, 0.2) is 0 Å². The van der Waals surface area contributed by atoms with E-state index in [1.165, 1.54) is 0 Å². The highest BCUT2D eigenvalue weighted by atomic mass is 31.2. The highest BCUT2D eigenvalue weighted by Crippen LogP contribution is 2.48. The smallest absolute Gasteiger partial charge is 0.303 e. The Kier molecular flexibility index (Phi) is 9.47. The molecule has 0 aliphatic heterocycles. The number of phosphoric acid groups is 1. The second-order valence-corrected chi connectivity index (χ2v) is 9.55. The van der Waals surface area contributed by atoms with Crippen LogP contribution in [0.5, 0.6) is 0 Å². The molecule has 2 atom stereocenters. The second-order valence-electron chi connectivity index (χ2n) is 8.14. The van der Waals surface area contributed by atoms with Gasteiger partial charge in [0.25, 0.3) is 0 Å². The molecule has 0 aromatic rings. The first kappa shape index (κ1) is 22.1. The lowest BCUT2D eigenvalue weighted by molar-refractivity contribution is 0.0489. The predicted molar refractivity (Wildman–Crippen MR) is 99.1 cm³/mol. The maximum absolute atomic E-state index is 12.2. The van der Waals surface area contributed by atoms with E-state index in [0.29, 0.717) is 5.41 Å². The van der Waals surface area contributed by atoms with Crippen LogP contribution in [0.3, 0.4) is 0 Å². The van der Waals surface area contributed by atoms with Crippen molar-refractivity contribution in [2.75, 3.05) is 26.2 Å². The van der Waals surface area contributed by atoms with Gasteiger partial charge in [-0.2, -0.15) is 0 Å². The van der Waals surface area contributed by atoms with Crippen LogP contribution in [-0.4, -0.2) is 42.1 Å². The fourth-order valence-corrected chi connectivity index (χ4v) is 4.43. The lowest BCUT2D eigenvalue weighted by Crippen LogP contribution is -2.32. The van der Waals surface area contributed by atoms with E-state index >= 15 is 0 Å². The minimum Gasteiger partial charge on any atom is -0.303 e. The molecular weight excluding hydrogens is 325 g/mol. The summed E-state index contributed by atoms with van der Waals surface area (Å²) in [7, 11) is -3.95. The van der Waals surface area contributed by atoms with Gasteiger partial charge < -0.3 is 9.79 Å². The van der Waals surface area contributed by atoms with Gasteiger partial charge in [-0.05, 0) is 62.9 Å². The zero-order valence-corrected chi connectivity index (χ0v) is 17.2. The highest BCUT2D eigenvalue weighted by molar-refractivity contribution is 7.47. The van der Waals surface area contributed by atoms with Gasteiger partial charge in [0.1, 0.15) is 0 Å². The van der Waals surface area contributed by atoms with E-state index in [4.69, 9.17) is 9.05 Å². The van der Waals surface area contributed by atoms with E-state index in [0.717, 1.165) is 58.2 Å². The Hall–Kier alpha value is 0.0700. The quantitative estimate of drug-likeness (QED) is 0.532. The summed E-state index contributed by atoms with van der Waals surface area (Å²) in [5.41, 5.74) is 0.316. The topological polar surface area (TPSA) is 59.0 Å². The fourth-order valence-electron chi connectivity index (χ4n) is 3.34. The molecule has 1 saturated carbocycles. The van der Waals surface area contributed by atoms with Gasteiger partial charge in [0.15, 0.2) is 0 Å². The van der Waals surface area contributed by atoms with E-state index in [9.17, 15) is 9.46 Å². The summed E-state index contributed by atoms with van der Waals surface area (Å²) >= 11 is 0. The Morgan fingerprint density at radius 2 is 1.75 bits per heavy atom. The molecule has 1 N–H and O–H groups in total. The van der Waals surface area contributed by atoms with Crippen molar-refractivity contribution in [2.45, 2.75) is 79.2 Å². The van der Waals surface area contributed by atoms with Crippen molar-refractivity contribution < 1.29 is 18.5 Å². The Bertz CT molecular complexity index is 386. The lowest BCUT2D eigenvalue weighted by Gasteiger charge is -2.34. The molecule has 6 heteroatoms. The summed E-state index contributed by atoms with van der Waals surface area (Å²) in [6.07, 6.45) is 5.80. The van der Waals surface area contributed by atoms with Crippen molar-refractivity contribution in [2.24, 2.45) is 11.3 Å². The molecule has 0 bridgehead atoms. The molecule has 2 unspecified atom stereocenters. The van der Waals surface area contributed by atoms with Crippen molar-refractivity contribution in [3.05, 3.63) is 0 Å². The van der Waals surface area contributed by atoms with Crippen molar-refractivity contribution in [3.8, 4) is 0 Å². The monoisotopic (exact) mass is 363 g/mol. The van der Waals surface area contributed by atoms with Crippen LogP contribution >= 0.6 is 7.82 Å². The normalized spacial score (nSPS) is 22.5. The van der Waals surface area contributed by atoms with E-state index in [1.54, 1.807) is 0 Å². The molecule has 144 valence electrons. The largest absolute Gasteiger partial charge is 0.472 e. The number of phosphoric ester groups is 1. The molecule has 5 nitrogen and oxygen atoms in total. The van der Waals surface area contributed by atoms with E-state index in [2.05, 4.69) is 39.5 Å². The summed E-state index contributed by atoms with van der Waals surface area (Å²) in [6.45, 7) is 14.1. The van der Waals surface area contributed by atoms with Gasteiger partial charge in [-0.15, -0.1) is 0 Å². The van der Waals surface area contributed by atoms with E-state index in [1.807, 2.05) is 0 Å². The Balaban J connectivity index is 2.34. The molecule has 0 aromatic carbocycles. The molecule has 1 aliphatic rings. The summed E-state index contributed by atoms with van der Waals surface area (Å²) in [5, 5.41) is 0. The molecular formula is C18H38NO4P. The van der Waals surface area contributed by atoms with Crippen LogP contribution in [0.1, 0.15) is 73.1 Å². The third kappa shape index (κ3) is 8.96. The van der Waals surface area contributed by atoms with Crippen LogP contribution in [0.25, 0.3) is 0 Å². The summed E-state index contributed by atoms with van der Waals surface area (Å²) < 4.78 is 22.8. The first-order valence-corrected chi connectivity index (χ1v) is 11.0. The van der Waals surface area contributed by atoms with Crippen molar-refractivity contribution in [1.82, 2.24) is 4.90 Å². The maximum Gasteiger partial charge on any atom is 0.472 e. The standard InChI is InChI=1S/C18H38NO4P/c1-6-12-19(13-7-2)14-16(3)15-22-24(20,21)23-17-8-10-18(4,5)11-9-17/h16-17H,6-15H2,1-5H3,(H,20,21).